The van der Waals surface area contributed by atoms with Crippen LogP contribution in [0.25, 0.3) is 0 Å². The number of hydrogen-bond donors (Lipinski definition) is 0. The van der Waals surface area contributed by atoms with Gasteiger partial charge in [-0.2, -0.15) is 0 Å². The van der Waals surface area contributed by atoms with Crippen molar-refractivity contribution in [3.8, 4) is 5.75 Å². The molecule has 9 heteroatoms. The number of carbonyl (C=O) groups excluding carboxylic acids is 2. The van der Waals surface area contributed by atoms with Crippen molar-refractivity contribution in [2.45, 2.75) is 58.8 Å². The number of methoxy groups -OCH3 is 1. The number of ether oxygens (including phenoxy) is 4. The molecule has 1 aromatic rings. The van der Waals surface area contributed by atoms with E-state index in [-0.39, 0.29) is 18.2 Å². The number of nitrogens with zero attached hydrogens (tertiary/aromatic N) is 2. The van der Waals surface area contributed by atoms with Crippen molar-refractivity contribution < 1.29 is 32.9 Å². The van der Waals surface area contributed by atoms with Crippen LogP contribution in [0.3, 0.4) is 0 Å². The van der Waals surface area contributed by atoms with Gasteiger partial charge in [0.2, 0.25) is 0 Å². The predicted molar refractivity (Wildman–Crippen MR) is 117 cm³/mol. The maximum atomic E-state index is 14.2. The molecule has 1 aliphatic rings. The first-order chi connectivity index (χ1) is 15.1. The molecule has 0 saturated carbocycles. The van der Waals surface area contributed by atoms with Crippen molar-refractivity contribution in [2.24, 2.45) is 0 Å². The summed E-state index contributed by atoms with van der Waals surface area (Å²) in [6.07, 6.45) is 0.430. The zero-order valence-corrected chi connectivity index (χ0v) is 19.7. The minimum atomic E-state index is -0.582. The Kier molecular flexibility index (Phi) is 9.56. The Hall–Kier alpha value is -2.55. The van der Waals surface area contributed by atoms with E-state index < -0.39 is 23.6 Å². The first-order valence-corrected chi connectivity index (χ1v) is 11.0. The highest BCUT2D eigenvalue weighted by atomic mass is 19.1. The Labute approximate surface area is 189 Å². The Morgan fingerprint density at radius 2 is 1.91 bits per heavy atom. The van der Waals surface area contributed by atoms with Crippen LogP contribution in [-0.4, -0.2) is 73.6 Å². The molecule has 0 unspecified atom stereocenters. The molecule has 180 valence electrons. The number of benzene rings is 1. The van der Waals surface area contributed by atoms with E-state index in [0.29, 0.717) is 51.4 Å². The number of amides is 2. The summed E-state index contributed by atoms with van der Waals surface area (Å²) >= 11 is 0. The molecule has 2 amide bonds. The van der Waals surface area contributed by atoms with E-state index in [4.69, 9.17) is 18.9 Å². The third-order valence-corrected chi connectivity index (χ3v) is 4.97. The van der Waals surface area contributed by atoms with Gasteiger partial charge in [-0.15, -0.1) is 0 Å². The Morgan fingerprint density at radius 3 is 2.56 bits per heavy atom. The molecule has 1 aliphatic heterocycles. The molecule has 0 aliphatic carbocycles. The van der Waals surface area contributed by atoms with E-state index in [0.717, 1.165) is 0 Å². The third-order valence-electron chi connectivity index (χ3n) is 4.97. The highest BCUT2D eigenvalue weighted by molar-refractivity contribution is 5.71. The van der Waals surface area contributed by atoms with Gasteiger partial charge in [0.25, 0.3) is 0 Å². The van der Waals surface area contributed by atoms with Gasteiger partial charge in [-0.1, -0.05) is 6.92 Å². The summed E-state index contributed by atoms with van der Waals surface area (Å²) in [6.45, 7) is 9.22. The quantitative estimate of drug-likeness (QED) is 0.548. The highest BCUT2D eigenvalue weighted by Crippen LogP contribution is 2.21. The fraction of sp³-hybridized carbons (Fsp3) is 0.652. The number of rotatable bonds is 8. The fourth-order valence-electron chi connectivity index (χ4n) is 3.30. The summed E-state index contributed by atoms with van der Waals surface area (Å²) < 4.78 is 35.6. The number of hydrogen-bond acceptors (Lipinski definition) is 6. The lowest BCUT2D eigenvalue weighted by Gasteiger charge is -2.40. The van der Waals surface area contributed by atoms with E-state index in [9.17, 15) is 14.0 Å². The average Bonchev–Trinajstić information content (AvgIpc) is 2.75. The van der Waals surface area contributed by atoms with Crippen molar-refractivity contribution in [3.05, 3.63) is 29.6 Å². The van der Waals surface area contributed by atoms with Crippen LogP contribution < -0.4 is 4.74 Å². The standard InChI is InChI=1S/C23H35FN2O6/c1-6-18-15-25(21(27)32-23(2,3)4)10-11-26(18)22(28)31-16-17-14-19(8-9-20(17)24)30-13-7-12-29-5/h8-9,14,18H,6-7,10-13,15-16H2,1-5H3/t18-/m1/s1. The van der Waals surface area contributed by atoms with E-state index in [1.54, 1.807) is 16.9 Å². The molecule has 32 heavy (non-hydrogen) atoms. The summed E-state index contributed by atoms with van der Waals surface area (Å²) in [6, 6.07) is 4.16. The van der Waals surface area contributed by atoms with Gasteiger partial charge in [-0.3, -0.25) is 0 Å². The van der Waals surface area contributed by atoms with E-state index >= 15 is 0 Å². The van der Waals surface area contributed by atoms with Gasteiger partial charge in [0, 0.05) is 45.3 Å². The zero-order valence-electron chi connectivity index (χ0n) is 19.7. The average molecular weight is 455 g/mol. The van der Waals surface area contributed by atoms with Crippen LogP contribution in [0.1, 0.15) is 46.1 Å². The molecule has 1 atom stereocenters. The van der Waals surface area contributed by atoms with E-state index in [2.05, 4.69) is 0 Å². The summed E-state index contributed by atoms with van der Waals surface area (Å²) in [5.74, 6) is 0.0368. The van der Waals surface area contributed by atoms with Gasteiger partial charge in [-0.25, -0.2) is 14.0 Å². The smallest absolute Gasteiger partial charge is 0.410 e. The van der Waals surface area contributed by atoms with Gasteiger partial charge in [0.1, 0.15) is 23.8 Å². The van der Waals surface area contributed by atoms with Crippen molar-refractivity contribution >= 4 is 12.2 Å². The maximum absolute atomic E-state index is 14.2. The molecule has 1 heterocycles. The van der Waals surface area contributed by atoms with Gasteiger partial charge in [0.05, 0.1) is 12.6 Å². The van der Waals surface area contributed by atoms with Crippen LogP contribution >= 0.6 is 0 Å². The molecule has 1 saturated heterocycles. The molecule has 0 spiro atoms. The third kappa shape index (κ3) is 7.85. The highest BCUT2D eigenvalue weighted by Gasteiger charge is 2.34. The Bertz CT molecular complexity index is 767. The van der Waals surface area contributed by atoms with Crippen LogP contribution in [0, 0.1) is 5.82 Å². The second-order valence-corrected chi connectivity index (χ2v) is 8.68. The Balaban J connectivity index is 1.91. The lowest BCUT2D eigenvalue weighted by molar-refractivity contribution is 0.000633. The summed E-state index contributed by atoms with van der Waals surface area (Å²) in [5.41, 5.74) is -0.343. The molecular formula is C23H35FN2O6. The van der Waals surface area contributed by atoms with Gasteiger partial charge in [-0.05, 0) is 45.4 Å². The van der Waals surface area contributed by atoms with Gasteiger partial charge in [0.15, 0.2) is 0 Å². The summed E-state index contributed by atoms with van der Waals surface area (Å²) in [5, 5.41) is 0. The first kappa shape index (κ1) is 25.7. The molecular weight excluding hydrogens is 419 g/mol. The molecule has 0 radical (unpaired) electrons. The van der Waals surface area contributed by atoms with Gasteiger partial charge < -0.3 is 28.7 Å². The van der Waals surface area contributed by atoms with E-state index in [1.165, 1.54) is 18.2 Å². The minimum absolute atomic E-state index is 0.205. The van der Waals surface area contributed by atoms with Crippen molar-refractivity contribution in [1.29, 1.82) is 0 Å². The zero-order chi connectivity index (χ0) is 23.7. The molecule has 0 aromatic heterocycles. The second-order valence-electron chi connectivity index (χ2n) is 8.68. The molecule has 0 bridgehead atoms. The van der Waals surface area contributed by atoms with Crippen molar-refractivity contribution in [2.75, 3.05) is 40.0 Å². The molecule has 1 fully saturated rings. The van der Waals surface area contributed by atoms with Crippen LogP contribution in [-0.2, 0) is 20.8 Å². The molecule has 2 rings (SSSR count). The van der Waals surface area contributed by atoms with Crippen LogP contribution in [0.4, 0.5) is 14.0 Å². The second kappa shape index (κ2) is 11.9. The van der Waals surface area contributed by atoms with Crippen LogP contribution in [0.15, 0.2) is 18.2 Å². The maximum Gasteiger partial charge on any atom is 0.410 e. The molecule has 8 nitrogen and oxygen atoms in total. The molecule has 0 N–H and O–H groups in total. The number of carbonyl (C=O) groups is 2. The minimum Gasteiger partial charge on any atom is -0.493 e. The summed E-state index contributed by atoms with van der Waals surface area (Å²) in [4.78, 5) is 28.2. The first-order valence-electron chi connectivity index (χ1n) is 11.0. The van der Waals surface area contributed by atoms with E-state index in [1.807, 2.05) is 27.7 Å². The number of piperazine rings is 1. The van der Waals surface area contributed by atoms with Gasteiger partial charge >= 0.3 is 12.2 Å². The normalized spacial score (nSPS) is 16.6. The fourth-order valence-corrected chi connectivity index (χ4v) is 3.30. The van der Waals surface area contributed by atoms with Crippen molar-refractivity contribution in [3.63, 3.8) is 0 Å². The number of halogens is 1. The Morgan fingerprint density at radius 1 is 1.16 bits per heavy atom. The summed E-state index contributed by atoms with van der Waals surface area (Å²) in [7, 11) is 1.62. The largest absolute Gasteiger partial charge is 0.493 e. The lowest BCUT2D eigenvalue weighted by atomic mass is 10.1. The lowest BCUT2D eigenvalue weighted by Crippen LogP contribution is -2.57. The molecule has 1 aromatic carbocycles. The van der Waals surface area contributed by atoms with Crippen LogP contribution in [0.5, 0.6) is 5.75 Å². The SMILES string of the molecule is CC[C@@H]1CN(C(=O)OC(C)(C)C)CCN1C(=O)OCc1cc(OCCCOC)ccc1F. The monoisotopic (exact) mass is 454 g/mol. The topological polar surface area (TPSA) is 77.5 Å². The van der Waals surface area contributed by atoms with Crippen LogP contribution in [0.2, 0.25) is 0 Å². The van der Waals surface area contributed by atoms with Crippen molar-refractivity contribution in [1.82, 2.24) is 9.80 Å². The predicted octanol–water partition coefficient (Wildman–Crippen LogP) is 4.21.